The molecule has 3 saturated carbocycles. The first-order valence-corrected chi connectivity index (χ1v) is 13.5. The highest BCUT2D eigenvalue weighted by Crippen LogP contribution is 2.73. The third-order valence-corrected chi connectivity index (χ3v) is 12.3. The molecular weight excluding hydrogens is 424 g/mol. The zero-order chi connectivity index (χ0) is 24.9. The van der Waals surface area contributed by atoms with E-state index in [4.69, 9.17) is 0 Å². The zero-order valence-corrected chi connectivity index (χ0v) is 22.1. The van der Waals surface area contributed by atoms with Gasteiger partial charge in [-0.2, -0.15) is 0 Å². The molecule has 0 aromatic carbocycles. The Labute approximate surface area is 205 Å². The maximum absolute atomic E-state index is 13.0. The molecule has 2 N–H and O–H groups in total. The lowest BCUT2D eigenvalue weighted by Crippen LogP contribution is -2.63. The minimum absolute atomic E-state index is 0.0122. The average Bonchev–Trinajstić information content (AvgIpc) is 2.76. The summed E-state index contributed by atoms with van der Waals surface area (Å²) in [5, 5.41) is 20.8. The molecule has 0 radical (unpaired) electrons. The maximum Gasteiger partial charge on any atom is 0.313 e. The van der Waals surface area contributed by atoms with Crippen molar-refractivity contribution in [3.05, 3.63) is 23.3 Å². The molecule has 0 amide bonds. The molecule has 34 heavy (non-hydrogen) atoms. The number of allylic oxidation sites excluding steroid dienone is 3. The molecule has 0 aromatic rings. The summed E-state index contributed by atoms with van der Waals surface area (Å²) in [7, 11) is 0. The fourth-order valence-corrected chi connectivity index (χ4v) is 9.77. The van der Waals surface area contributed by atoms with Crippen molar-refractivity contribution in [1.29, 1.82) is 0 Å². The molecule has 5 aliphatic rings. The SMILES string of the molecule is CC1(C)CC[C@]2(C(=O)O)CC[C@]3(C)C(=C2C1)C=C[C@@H]1[C@@]2(C)CCC(=O)[C@](C)(CO)[C@@H]2CC[C@]13C. The number of carboxylic acid groups (broad SMARTS) is 1. The van der Waals surface area contributed by atoms with Gasteiger partial charge in [-0.1, -0.05) is 53.7 Å². The number of aliphatic hydroxyl groups is 1. The van der Waals surface area contributed by atoms with Crippen LogP contribution in [0, 0.1) is 44.3 Å². The number of Topliss-reactive ketones (excluding diaryl/α,β-unsaturated/α-hetero) is 1. The second-order valence-electron chi connectivity index (χ2n) is 14.3. The monoisotopic (exact) mass is 468 g/mol. The van der Waals surface area contributed by atoms with Crippen molar-refractivity contribution in [3.8, 4) is 0 Å². The molecule has 5 rings (SSSR count). The van der Waals surface area contributed by atoms with Crippen LogP contribution in [-0.2, 0) is 9.59 Å². The van der Waals surface area contributed by atoms with Crippen LogP contribution in [0.5, 0.6) is 0 Å². The van der Waals surface area contributed by atoms with E-state index in [0.29, 0.717) is 12.3 Å². The molecule has 5 aliphatic carbocycles. The fraction of sp³-hybridized carbons (Fsp3) is 0.800. The van der Waals surface area contributed by atoms with E-state index in [1.54, 1.807) is 0 Å². The number of carbonyl (C=O) groups is 2. The fourth-order valence-electron chi connectivity index (χ4n) is 9.77. The lowest BCUT2D eigenvalue weighted by Gasteiger charge is -2.68. The Morgan fingerprint density at radius 1 is 1.00 bits per heavy atom. The van der Waals surface area contributed by atoms with E-state index in [-0.39, 0.29) is 40.0 Å². The molecular formula is C30H44O4. The number of carboxylic acids is 1. The number of aliphatic carboxylic acids is 1. The van der Waals surface area contributed by atoms with Crippen molar-refractivity contribution in [3.63, 3.8) is 0 Å². The third-order valence-electron chi connectivity index (χ3n) is 12.3. The maximum atomic E-state index is 13.0. The van der Waals surface area contributed by atoms with Gasteiger partial charge in [0.2, 0.25) is 0 Å². The summed E-state index contributed by atoms with van der Waals surface area (Å²) in [5.74, 6) is 0.0970. The standard InChI is InChI=1S/C30H44O4/c1-25(2)13-15-30(24(33)34)16-14-28(5)19(20(30)17-25)7-8-22-26(3)11-10-23(32)27(4,18-31)21(26)9-12-29(22,28)6/h7-8,21-22,31H,9-18H2,1-6H3,(H,33,34)/t21-,22-,26+,27-,28-,29-,30+/m1/s1. The summed E-state index contributed by atoms with van der Waals surface area (Å²) in [6, 6.07) is 0. The lowest BCUT2D eigenvalue weighted by atomic mass is 9.35. The van der Waals surface area contributed by atoms with Crippen molar-refractivity contribution in [1.82, 2.24) is 0 Å². The Balaban J connectivity index is 1.68. The van der Waals surface area contributed by atoms with Crippen LogP contribution < -0.4 is 0 Å². The lowest BCUT2D eigenvalue weighted by molar-refractivity contribution is -0.176. The van der Waals surface area contributed by atoms with E-state index >= 15 is 0 Å². The predicted octanol–water partition coefficient (Wildman–Crippen LogP) is 6.33. The van der Waals surface area contributed by atoms with E-state index in [2.05, 4.69) is 46.8 Å². The van der Waals surface area contributed by atoms with Crippen molar-refractivity contribution < 1.29 is 19.8 Å². The molecule has 3 fully saturated rings. The first kappa shape index (κ1) is 24.3. The second-order valence-corrected chi connectivity index (χ2v) is 14.3. The van der Waals surface area contributed by atoms with E-state index < -0.39 is 16.8 Å². The molecule has 0 unspecified atom stereocenters. The quantitative estimate of drug-likeness (QED) is 0.496. The van der Waals surface area contributed by atoms with Gasteiger partial charge in [0.25, 0.3) is 0 Å². The van der Waals surface area contributed by atoms with Gasteiger partial charge >= 0.3 is 5.97 Å². The molecule has 0 bridgehead atoms. The molecule has 188 valence electrons. The van der Waals surface area contributed by atoms with Crippen LogP contribution in [0.3, 0.4) is 0 Å². The summed E-state index contributed by atoms with van der Waals surface area (Å²) < 4.78 is 0. The van der Waals surface area contributed by atoms with Crippen LogP contribution in [0.15, 0.2) is 23.3 Å². The van der Waals surface area contributed by atoms with Crippen LogP contribution in [0.2, 0.25) is 0 Å². The first-order chi connectivity index (χ1) is 15.7. The van der Waals surface area contributed by atoms with Crippen LogP contribution in [0.25, 0.3) is 0 Å². The van der Waals surface area contributed by atoms with Crippen LogP contribution >= 0.6 is 0 Å². The summed E-state index contributed by atoms with van der Waals surface area (Å²) >= 11 is 0. The molecule has 0 aromatic heterocycles. The minimum atomic E-state index is -0.703. The van der Waals surface area contributed by atoms with Gasteiger partial charge in [-0.25, -0.2) is 0 Å². The van der Waals surface area contributed by atoms with Gasteiger partial charge in [-0.05, 0) is 96.0 Å². The minimum Gasteiger partial charge on any atom is -0.481 e. The molecule has 0 heterocycles. The summed E-state index contributed by atoms with van der Waals surface area (Å²) in [6.45, 7) is 13.8. The van der Waals surface area contributed by atoms with Crippen molar-refractivity contribution in [2.75, 3.05) is 6.61 Å². The van der Waals surface area contributed by atoms with E-state index in [0.717, 1.165) is 51.4 Å². The Kier molecular flexibility index (Phi) is 5.06. The van der Waals surface area contributed by atoms with Gasteiger partial charge in [-0.3, -0.25) is 9.59 Å². The largest absolute Gasteiger partial charge is 0.481 e. The van der Waals surface area contributed by atoms with E-state index in [1.165, 1.54) is 11.1 Å². The van der Waals surface area contributed by atoms with E-state index in [9.17, 15) is 19.8 Å². The Hall–Kier alpha value is -1.42. The van der Waals surface area contributed by atoms with E-state index in [1.807, 2.05) is 6.92 Å². The topological polar surface area (TPSA) is 74.6 Å². The molecule has 4 heteroatoms. The number of rotatable bonds is 2. The summed E-state index contributed by atoms with van der Waals surface area (Å²) in [4.78, 5) is 25.7. The number of hydrogen-bond donors (Lipinski definition) is 2. The smallest absolute Gasteiger partial charge is 0.313 e. The summed E-state index contributed by atoms with van der Waals surface area (Å²) in [6.07, 6.45) is 12.3. The molecule has 7 atom stereocenters. The molecule has 0 spiro atoms. The number of fused-ring (bicyclic) bond motifs is 6. The molecule has 0 saturated heterocycles. The number of carbonyl (C=O) groups excluding carboxylic acids is 1. The molecule has 0 aliphatic heterocycles. The van der Waals surface area contributed by atoms with Crippen molar-refractivity contribution >= 4 is 11.8 Å². The average molecular weight is 469 g/mol. The van der Waals surface area contributed by atoms with Gasteiger partial charge in [0.1, 0.15) is 5.78 Å². The summed E-state index contributed by atoms with van der Waals surface area (Å²) in [5.41, 5.74) is 1.19. The molecule has 4 nitrogen and oxygen atoms in total. The van der Waals surface area contributed by atoms with Crippen LogP contribution in [0.1, 0.15) is 99.3 Å². The van der Waals surface area contributed by atoms with Crippen LogP contribution in [0.4, 0.5) is 0 Å². The highest BCUT2D eigenvalue weighted by Gasteiger charge is 2.67. The Bertz CT molecular complexity index is 1010. The Morgan fingerprint density at radius 2 is 1.68 bits per heavy atom. The first-order valence-electron chi connectivity index (χ1n) is 13.5. The predicted molar refractivity (Wildman–Crippen MR) is 133 cm³/mol. The van der Waals surface area contributed by atoms with Crippen LogP contribution in [-0.4, -0.2) is 28.6 Å². The number of aliphatic hydroxyl groups excluding tert-OH is 1. The van der Waals surface area contributed by atoms with Crippen molar-refractivity contribution in [2.45, 2.75) is 99.3 Å². The third kappa shape index (κ3) is 2.75. The zero-order valence-electron chi connectivity index (χ0n) is 22.1. The van der Waals surface area contributed by atoms with Crippen molar-refractivity contribution in [2.24, 2.45) is 44.3 Å². The van der Waals surface area contributed by atoms with Gasteiger partial charge in [0, 0.05) is 6.42 Å². The number of hydrogen-bond acceptors (Lipinski definition) is 3. The number of ketones is 1. The highest BCUT2D eigenvalue weighted by molar-refractivity contribution is 5.86. The highest BCUT2D eigenvalue weighted by atomic mass is 16.4. The second kappa shape index (κ2) is 7.08. The van der Waals surface area contributed by atoms with Gasteiger partial charge in [-0.15, -0.1) is 0 Å². The van der Waals surface area contributed by atoms with Gasteiger partial charge in [0.05, 0.1) is 17.4 Å². The normalized spacial score (nSPS) is 49.6. The Morgan fingerprint density at radius 3 is 2.32 bits per heavy atom. The van der Waals surface area contributed by atoms with Gasteiger partial charge in [0.15, 0.2) is 0 Å². The van der Waals surface area contributed by atoms with Gasteiger partial charge < -0.3 is 10.2 Å².